The van der Waals surface area contributed by atoms with Crippen LogP contribution in [-0.4, -0.2) is 40.4 Å². The number of halogens is 1. The monoisotopic (exact) mass is 412 g/mol. The van der Waals surface area contributed by atoms with Crippen LogP contribution in [0.25, 0.3) is 11.0 Å². The van der Waals surface area contributed by atoms with Crippen LogP contribution in [-0.2, 0) is 17.8 Å². The second kappa shape index (κ2) is 7.33. The molecule has 0 spiro atoms. The molecule has 5 nitrogen and oxygen atoms in total. The van der Waals surface area contributed by atoms with Crippen LogP contribution in [0.1, 0.15) is 23.3 Å². The van der Waals surface area contributed by atoms with Gasteiger partial charge in [0, 0.05) is 36.1 Å². The van der Waals surface area contributed by atoms with E-state index in [1.807, 2.05) is 23.1 Å². The quantitative estimate of drug-likeness (QED) is 0.634. The summed E-state index contributed by atoms with van der Waals surface area (Å²) >= 11 is 7.84. The van der Waals surface area contributed by atoms with E-state index in [0.717, 1.165) is 55.7 Å². The van der Waals surface area contributed by atoms with E-state index >= 15 is 0 Å². The van der Waals surface area contributed by atoms with Gasteiger partial charge in [-0.05, 0) is 54.5 Å². The molecule has 1 amide bonds. The molecule has 0 radical (unpaired) electrons. The number of carbonyl (C=O) groups excluding carboxylic acids is 1. The van der Waals surface area contributed by atoms with Gasteiger partial charge in [-0.25, -0.2) is 4.98 Å². The number of carbonyl (C=O) groups is 1. The SMILES string of the molecule is O=C(C1CCCN(c2cnc3cc(Cl)ccc3n2)C1)N1CCc2sccc2C1. The Bertz CT molecular complexity index is 1040. The average Bonchev–Trinajstić information content (AvgIpc) is 3.21. The molecule has 5 rings (SSSR count). The Morgan fingerprint density at radius 1 is 1.21 bits per heavy atom. The number of nitrogens with zero attached hydrogens (tertiary/aromatic N) is 4. The minimum Gasteiger partial charge on any atom is -0.355 e. The van der Waals surface area contributed by atoms with Gasteiger partial charge in [0.15, 0.2) is 0 Å². The molecule has 0 N–H and O–H groups in total. The first kappa shape index (κ1) is 17.9. The molecular weight excluding hydrogens is 392 g/mol. The van der Waals surface area contributed by atoms with Crippen LogP contribution in [0.2, 0.25) is 5.02 Å². The van der Waals surface area contributed by atoms with Crippen molar-refractivity contribution < 1.29 is 4.79 Å². The van der Waals surface area contributed by atoms with E-state index in [0.29, 0.717) is 11.6 Å². The number of hydrogen-bond acceptors (Lipinski definition) is 5. The summed E-state index contributed by atoms with van der Waals surface area (Å²) in [5.41, 5.74) is 2.94. The van der Waals surface area contributed by atoms with Gasteiger partial charge in [0.25, 0.3) is 0 Å². The third-order valence-corrected chi connectivity index (χ3v) is 6.96. The molecule has 144 valence electrons. The fourth-order valence-electron chi connectivity index (χ4n) is 4.21. The minimum atomic E-state index is 0.0247. The number of piperidine rings is 1. The van der Waals surface area contributed by atoms with E-state index < -0.39 is 0 Å². The van der Waals surface area contributed by atoms with Crippen LogP contribution in [0.15, 0.2) is 35.8 Å². The average molecular weight is 413 g/mol. The van der Waals surface area contributed by atoms with Gasteiger partial charge in [-0.15, -0.1) is 11.3 Å². The Balaban J connectivity index is 1.32. The molecule has 4 heterocycles. The third kappa shape index (κ3) is 3.35. The van der Waals surface area contributed by atoms with Crippen LogP contribution in [0.3, 0.4) is 0 Å². The summed E-state index contributed by atoms with van der Waals surface area (Å²) in [5, 5.41) is 2.79. The predicted molar refractivity (Wildman–Crippen MR) is 113 cm³/mol. The van der Waals surface area contributed by atoms with Crippen molar-refractivity contribution in [2.75, 3.05) is 24.5 Å². The molecular formula is C21H21ClN4OS. The zero-order valence-electron chi connectivity index (χ0n) is 15.5. The number of thiophene rings is 1. The Labute approximate surface area is 173 Å². The topological polar surface area (TPSA) is 49.3 Å². The Morgan fingerprint density at radius 2 is 2.14 bits per heavy atom. The van der Waals surface area contributed by atoms with Gasteiger partial charge in [0.2, 0.25) is 5.91 Å². The molecule has 0 bridgehead atoms. The van der Waals surface area contributed by atoms with Crippen LogP contribution >= 0.6 is 22.9 Å². The Kier molecular flexibility index (Phi) is 4.69. The highest BCUT2D eigenvalue weighted by Crippen LogP contribution is 2.28. The van der Waals surface area contributed by atoms with Crippen LogP contribution < -0.4 is 4.90 Å². The maximum absolute atomic E-state index is 13.2. The molecule has 3 aromatic rings. The van der Waals surface area contributed by atoms with Crippen molar-refractivity contribution in [3.8, 4) is 0 Å². The summed E-state index contributed by atoms with van der Waals surface area (Å²) < 4.78 is 0. The van der Waals surface area contributed by atoms with E-state index in [1.54, 1.807) is 17.5 Å². The normalized spacial score (nSPS) is 19.7. The first-order valence-corrected chi connectivity index (χ1v) is 10.9. The summed E-state index contributed by atoms with van der Waals surface area (Å²) in [4.78, 5) is 28.1. The summed E-state index contributed by atoms with van der Waals surface area (Å²) in [6.07, 6.45) is 4.71. The van der Waals surface area contributed by atoms with Crippen LogP contribution in [0, 0.1) is 5.92 Å². The Hall–Kier alpha value is -2.18. The first-order valence-electron chi connectivity index (χ1n) is 9.69. The van der Waals surface area contributed by atoms with Crippen molar-refractivity contribution >= 4 is 45.7 Å². The van der Waals surface area contributed by atoms with Gasteiger partial charge >= 0.3 is 0 Å². The van der Waals surface area contributed by atoms with E-state index in [2.05, 4.69) is 21.3 Å². The van der Waals surface area contributed by atoms with E-state index in [-0.39, 0.29) is 11.8 Å². The van der Waals surface area contributed by atoms with Gasteiger partial charge in [0.1, 0.15) is 5.82 Å². The molecule has 28 heavy (non-hydrogen) atoms. The van der Waals surface area contributed by atoms with Crippen molar-refractivity contribution in [3.05, 3.63) is 51.3 Å². The molecule has 2 aliphatic heterocycles. The van der Waals surface area contributed by atoms with E-state index in [4.69, 9.17) is 16.6 Å². The number of fused-ring (bicyclic) bond motifs is 2. The zero-order valence-corrected chi connectivity index (χ0v) is 17.0. The van der Waals surface area contributed by atoms with Crippen molar-refractivity contribution in [2.24, 2.45) is 5.92 Å². The molecule has 2 aromatic heterocycles. The van der Waals surface area contributed by atoms with Crippen molar-refractivity contribution in [1.82, 2.24) is 14.9 Å². The third-order valence-electron chi connectivity index (χ3n) is 5.71. The second-order valence-corrected chi connectivity index (χ2v) is 8.96. The summed E-state index contributed by atoms with van der Waals surface area (Å²) in [7, 11) is 0. The van der Waals surface area contributed by atoms with E-state index in [9.17, 15) is 4.79 Å². The van der Waals surface area contributed by atoms with Gasteiger partial charge in [-0.2, -0.15) is 0 Å². The lowest BCUT2D eigenvalue weighted by Gasteiger charge is -2.36. The summed E-state index contributed by atoms with van der Waals surface area (Å²) in [5.74, 6) is 1.14. The molecule has 0 aliphatic carbocycles. The number of anilines is 1. The van der Waals surface area contributed by atoms with Gasteiger partial charge in [-0.3, -0.25) is 9.78 Å². The van der Waals surface area contributed by atoms with Crippen molar-refractivity contribution in [3.63, 3.8) is 0 Å². The second-order valence-electron chi connectivity index (χ2n) is 7.53. The Morgan fingerprint density at radius 3 is 3.07 bits per heavy atom. The highest BCUT2D eigenvalue weighted by molar-refractivity contribution is 7.10. The number of aromatic nitrogens is 2. The lowest BCUT2D eigenvalue weighted by Crippen LogP contribution is -2.46. The van der Waals surface area contributed by atoms with Gasteiger partial charge < -0.3 is 9.80 Å². The van der Waals surface area contributed by atoms with Gasteiger partial charge in [0.05, 0.1) is 23.1 Å². The largest absolute Gasteiger partial charge is 0.355 e. The smallest absolute Gasteiger partial charge is 0.227 e. The fourth-order valence-corrected chi connectivity index (χ4v) is 5.26. The summed E-state index contributed by atoms with van der Waals surface area (Å²) in [6, 6.07) is 7.71. The maximum atomic E-state index is 13.2. The van der Waals surface area contributed by atoms with Gasteiger partial charge in [-0.1, -0.05) is 11.6 Å². The number of hydrogen-bond donors (Lipinski definition) is 0. The van der Waals surface area contributed by atoms with Crippen molar-refractivity contribution in [2.45, 2.75) is 25.8 Å². The highest BCUT2D eigenvalue weighted by atomic mass is 35.5. The highest BCUT2D eigenvalue weighted by Gasteiger charge is 2.31. The fraction of sp³-hybridized carbons (Fsp3) is 0.381. The van der Waals surface area contributed by atoms with Crippen LogP contribution in [0.5, 0.6) is 0 Å². The molecule has 1 saturated heterocycles. The molecule has 7 heteroatoms. The predicted octanol–water partition coefficient (Wildman–Crippen LogP) is 4.15. The standard InChI is InChI=1S/C21H21ClN4OS/c22-16-3-4-17-18(10-16)23-11-20(24-17)25-7-1-2-15(13-25)21(27)26-8-5-19-14(12-26)6-9-28-19/h3-4,6,9-11,15H,1-2,5,7-8,12-13H2. The maximum Gasteiger partial charge on any atom is 0.227 e. The number of amides is 1. The minimum absolute atomic E-state index is 0.0247. The molecule has 1 fully saturated rings. The van der Waals surface area contributed by atoms with Crippen molar-refractivity contribution in [1.29, 1.82) is 0 Å². The molecule has 0 saturated carbocycles. The molecule has 1 atom stereocenters. The molecule has 2 aliphatic rings. The number of benzene rings is 1. The lowest BCUT2D eigenvalue weighted by molar-refractivity contribution is -0.136. The first-order chi connectivity index (χ1) is 13.7. The summed E-state index contributed by atoms with van der Waals surface area (Å²) in [6.45, 7) is 3.20. The van der Waals surface area contributed by atoms with E-state index in [1.165, 1.54) is 10.4 Å². The van der Waals surface area contributed by atoms with Crippen LogP contribution in [0.4, 0.5) is 5.82 Å². The molecule has 1 unspecified atom stereocenters. The lowest BCUT2D eigenvalue weighted by atomic mass is 9.95. The number of rotatable bonds is 2. The molecule has 1 aromatic carbocycles. The zero-order chi connectivity index (χ0) is 19.1.